The summed E-state index contributed by atoms with van der Waals surface area (Å²) < 4.78 is 5.38. The number of benzene rings is 2. The van der Waals surface area contributed by atoms with E-state index in [0.717, 1.165) is 28.7 Å². The van der Waals surface area contributed by atoms with E-state index >= 15 is 0 Å². The van der Waals surface area contributed by atoms with E-state index in [-0.39, 0.29) is 25.0 Å². The van der Waals surface area contributed by atoms with Crippen LogP contribution in [-0.2, 0) is 14.3 Å². The number of carbonyl (C=O) groups excluding carboxylic acids is 2. The minimum absolute atomic E-state index is 0.0705. The number of rotatable bonds is 9. The Hall–Kier alpha value is -3.35. The highest BCUT2D eigenvalue weighted by molar-refractivity contribution is 5.86. The summed E-state index contributed by atoms with van der Waals surface area (Å²) in [5.74, 6) is -1.56. The van der Waals surface area contributed by atoms with Crippen molar-refractivity contribution in [3.63, 3.8) is 0 Å². The number of alkyl carbamates (subject to hydrolysis) is 1. The molecule has 31 heavy (non-hydrogen) atoms. The van der Waals surface area contributed by atoms with Gasteiger partial charge < -0.3 is 20.5 Å². The highest BCUT2D eigenvalue weighted by atomic mass is 16.5. The lowest BCUT2D eigenvalue weighted by Crippen LogP contribution is -2.46. The van der Waals surface area contributed by atoms with Crippen molar-refractivity contribution in [2.45, 2.75) is 38.6 Å². The van der Waals surface area contributed by atoms with Gasteiger partial charge in [-0.3, -0.25) is 4.79 Å². The molecule has 3 N–H and O–H groups in total. The van der Waals surface area contributed by atoms with Crippen molar-refractivity contribution in [1.29, 1.82) is 0 Å². The second-order valence-corrected chi connectivity index (χ2v) is 7.89. The van der Waals surface area contributed by atoms with Crippen molar-refractivity contribution in [3.8, 4) is 11.1 Å². The van der Waals surface area contributed by atoms with E-state index < -0.39 is 24.0 Å². The first-order chi connectivity index (χ1) is 14.9. The zero-order valence-electron chi connectivity index (χ0n) is 17.8. The fourth-order valence-electron chi connectivity index (χ4n) is 3.84. The molecular formula is C24H28N2O5. The third-order valence-electron chi connectivity index (χ3n) is 5.71. The van der Waals surface area contributed by atoms with Gasteiger partial charge in [-0.15, -0.1) is 0 Å². The molecule has 0 bridgehead atoms. The molecule has 0 heterocycles. The quantitative estimate of drug-likeness (QED) is 0.571. The average Bonchev–Trinajstić information content (AvgIpc) is 3.09. The van der Waals surface area contributed by atoms with Gasteiger partial charge in [0, 0.05) is 5.92 Å². The topological polar surface area (TPSA) is 105 Å². The molecule has 2 unspecified atom stereocenters. The predicted molar refractivity (Wildman–Crippen MR) is 117 cm³/mol. The van der Waals surface area contributed by atoms with E-state index in [1.54, 1.807) is 0 Å². The maximum atomic E-state index is 12.1. The standard InChI is InChI=1S/C24H28N2O5/c1-3-15(2)12-21(23(28)29)26-22(27)13-25-24(30)31-14-20-18-10-6-4-8-16(18)17-9-5-7-11-19(17)20/h4-11,15,20-21H,3,12-14H2,1-2H3,(H,25,30)(H,26,27)(H,28,29). The zero-order chi connectivity index (χ0) is 22.4. The van der Waals surface area contributed by atoms with Crippen LogP contribution in [0.2, 0.25) is 0 Å². The largest absolute Gasteiger partial charge is 0.480 e. The minimum atomic E-state index is -1.09. The summed E-state index contributed by atoms with van der Waals surface area (Å²) >= 11 is 0. The van der Waals surface area contributed by atoms with Crippen molar-refractivity contribution in [1.82, 2.24) is 10.6 Å². The van der Waals surface area contributed by atoms with Gasteiger partial charge in [-0.1, -0.05) is 68.8 Å². The molecule has 0 spiro atoms. The van der Waals surface area contributed by atoms with Crippen LogP contribution in [0.4, 0.5) is 4.79 Å². The Morgan fingerprint density at radius 2 is 1.61 bits per heavy atom. The monoisotopic (exact) mass is 424 g/mol. The molecule has 7 nitrogen and oxygen atoms in total. The first-order valence-corrected chi connectivity index (χ1v) is 10.5. The predicted octanol–water partition coefficient (Wildman–Crippen LogP) is 3.53. The van der Waals surface area contributed by atoms with Gasteiger partial charge in [0.25, 0.3) is 0 Å². The molecular weight excluding hydrogens is 396 g/mol. The van der Waals surface area contributed by atoms with Crippen molar-refractivity contribution in [2.24, 2.45) is 5.92 Å². The van der Waals surface area contributed by atoms with Gasteiger partial charge in [0.2, 0.25) is 5.91 Å². The van der Waals surface area contributed by atoms with Gasteiger partial charge in [0.15, 0.2) is 0 Å². The lowest BCUT2D eigenvalue weighted by atomic mass is 9.98. The number of hydrogen-bond acceptors (Lipinski definition) is 4. The Morgan fingerprint density at radius 1 is 1.03 bits per heavy atom. The van der Waals surface area contributed by atoms with Crippen LogP contribution in [0.15, 0.2) is 48.5 Å². The molecule has 2 amide bonds. The maximum absolute atomic E-state index is 12.1. The fraction of sp³-hybridized carbons (Fsp3) is 0.375. The van der Waals surface area contributed by atoms with Crippen LogP contribution in [0.5, 0.6) is 0 Å². The van der Waals surface area contributed by atoms with E-state index in [4.69, 9.17) is 4.74 Å². The molecule has 0 aromatic heterocycles. The lowest BCUT2D eigenvalue weighted by molar-refractivity contribution is -0.142. The number of hydrogen-bond donors (Lipinski definition) is 3. The number of fused-ring (bicyclic) bond motifs is 3. The van der Waals surface area contributed by atoms with Crippen molar-refractivity contribution in [3.05, 3.63) is 59.7 Å². The first-order valence-electron chi connectivity index (χ1n) is 10.5. The van der Waals surface area contributed by atoms with Gasteiger partial charge in [-0.2, -0.15) is 0 Å². The van der Waals surface area contributed by atoms with Crippen molar-refractivity contribution in [2.75, 3.05) is 13.2 Å². The molecule has 1 aliphatic rings. The number of aliphatic carboxylic acids is 1. The maximum Gasteiger partial charge on any atom is 0.407 e. The van der Waals surface area contributed by atoms with Gasteiger partial charge >= 0.3 is 12.1 Å². The number of carboxylic acid groups (broad SMARTS) is 1. The summed E-state index contributed by atoms with van der Waals surface area (Å²) in [4.78, 5) is 35.6. The molecule has 0 radical (unpaired) electrons. The van der Waals surface area contributed by atoms with E-state index in [1.165, 1.54) is 0 Å². The van der Waals surface area contributed by atoms with Crippen LogP contribution < -0.4 is 10.6 Å². The van der Waals surface area contributed by atoms with Gasteiger partial charge in [0.1, 0.15) is 19.2 Å². The van der Waals surface area contributed by atoms with Crippen LogP contribution in [0.25, 0.3) is 11.1 Å². The highest BCUT2D eigenvalue weighted by Crippen LogP contribution is 2.44. The summed E-state index contributed by atoms with van der Waals surface area (Å²) in [7, 11) is 0. The Morgan fingerprint density at radius 3 is 2.16 bits per heavy atom. The van der Waals surface area contributed by atoms with Gasteiger partial charge in [0.05, 0.1) is 0 Å². The molecule has 2 atom stereocenters. The molecule has 3 rings (SSSR count). The summed E-state index contributed by atoms with van der Waals surface area (Å²) in [6.07, 6.45) is 0.436. The van der Waals surface area contributed by atoms with Crippen LogP contribution in [-0.4, -0.2) is 42.3 Å². The zero-order valence-corrected chi connectivity index (χ0v) is 17.8. The Bertz CT molecular complexity index is 913. The van der Waals surface area contributed by atoms with Crippen molar-refractivity contribution < 1.29 is 24.2 Å². The molecule has 0 saturated heterocycles. The first kappa shape index (κ1) is 22.3. The average molecular weight is 424 g/mol. The minimum Gasteiger partial charge on any atom is -0.480 e. The lowest BCUT2D eigenvalue weighted by Gasteiger charge is -2.18. The summed E-state index contributed by atoms with van der Waals surface area (Å²) in [6, 6.07) is 15.1. The van der Waals surface area contributed by atoms with E-state index in [1.807, 2.05) is 50.2 Å². The van der Waals surface area contributed by atoms with Gasteiger partial charge in [-0.25, -0.2) is 9.59 Å². The van der Waals surface area contributed by atoms with Crippen LogP contribution >= 0.6 is 0 Å². The molecule has 0 aliphatic heterocycles. The molecule has 2 aromatic carbocycles. The van der Waals surface area contributed by atoms with E-state index in [2.05, 4.69) is 22.8 Å². The second-order valence-electron chi connectivity index (χ2n) is 7.89. The molecule has 0 saturated carbocycles. The molecule has 2 aromatic rings. The van der Waals surface area contributed by atoms with E-state index in [0.29, 0.717) is 6.42 Å². The molecule has 0 fully saturated rings. The van der Waals surface area contributed by atoms with Crippen molar-refractivity contribution >= 4 is 18.0 Å². The summed E-state index contributed by atoms with van der Waals surface area (Å²) in [5.41, 5.74) is 4.46. The van der Waals surface area contributed by atoms with Crippen LogP contribution in [0.3, 0.4) is 0 Å². The Kier molecular flexibility index (Phi) is 7.28. The smallest absolute Gasteiger partial charge is 0.407 e. The number of amides is 2. The number of carboxylic acids is 1. The Labute approximate surface area is 181 Å². The highest BCUT2D eigenvalue weighted by Gasteiger charge is 2.29. The number of carbonyl (C=O) groups is 3. The fourth-order valence-corrected chi connectivity index (χ4v) is 3.84. The van der Waals surface area contributed by atoms with Crippen LogP contribution in [0.1, 0.15) is 43.7 Å². The normalized spacial score (nSPS) is 14.1. The Balaban J connectivity index is 1.52. The number of ether oxygens (including phenoxy) is 1. The second kappa shape index (κ2) is 10.1. The molecule has 7 heteroatoms. The van der Waals surface area contributed by atoms with Gasteiger partial charge in [-0.05, 0) is 34.6 Å². The summed E-state index contributed by atoms with van der Waals surface area (Å²) in [6.45, 7) is 3.69. The third-order valence-corrected chi connectivity index (χ3v) is 5.71. The molecule has 1 aliphatic carbocycles. The molecule has 164 valence electrons. The number of nitrogens with one attached hydrogen (secondary N) is 2. The SMILES string of the molecule is CCC(C)CC(NC(=O)CNC(=O)OCC1c2ccccc2-c2ccccc21)C(=O)O. The van der Waals surface area contributed by atoms with E-state index in [9.17, 15) is 19.5 Å². The summed E-state index contributed by atoms with van der Waals surface area (Å²) in [5, 5.41) is 14.1. The third kappa shape index (κ3) is 5.42. The van der Waals surface area contributed by atoms with Crippen LogP contribution in [0, 0.1) is 5.92 Å².